The van der Waals surface area contributed by atoms with Crippen molar-refractivity contribution < 1.29 is 9.18 Å². The number of benzene rings is 1. The van der Waals surface area contributed by atoms with Gasteiger partial charge in [0, 0.05) is 5.69 Å². The van der Waals surface area contributed by atoms with Crippen LogP contribution in [0.5, 0.6) is 0 Å². The summed E-state index contributed by atoms with van der Waals surface area (Å²) in [6, 6.07) is 5.90. The minimum atomic E-state index is -0.758. The maximum atomic E-state index is 13.1. The van der Waals surface area contributed by atoms with E-state index in [1.54, 1.807) is 6.92 Å². The molecule has 118 valence electrons. The van der Waals surface area contributed by atoms with Gasteiger partial charge in [-0.3, -0.25) is 4.79 Å². The van der Waals surface area contributed by atoms with Gasteiger partial charge in [0.15, 0.2) is 0 Å². The van der Waals surface area contributed by atoms with E-state index in [0.717, 1.165) is 19.3 Å². The average Bonchev–Trinajstić information content (AvgIpc) is 2.51. The molecule has 2 N–H and O–H groups in total. The van der Waals surface area contributed by atoms with Crippen LogP contribution in [-0.2, 0) is 4.79 Å². The van der Waals surface area contributed by atoms with Gasteiger partial charge >= 0.3 is 0 Å². The van der Waals surface area contributed by atoms with E-state index >= 15 is 0 Å². The molecule has 22 heavy (non-hydrogen) atoms. The zero-order chi connectivity index (χ0) is 16.2. The van der Waals surface area contributed by atoms with Crippen molar-refractivity contribution in [2.75, 3.05) is 5.32 Å². The topological polar surface area (TPSA) is 64.9 Å². The second-order valence-electron chi connectivity index (χ2n) is 5.74. The number of rotatable bonds is 4. The average molecular weight is 324 g/mol. The number of amides is 1. The van der Waals surface area contributed by atoms with E-state index < -0.39 is 17.4 Å². The van der Waals surface area contributed by atoms with E-state index in [-0.39, 0.29) is 10.9 Å². The molecule has 1 atom stereocenters. The van der Waals surface area contributed by atoms with E-state index in [1.807, 2.05) is 0 Å². The van der Waals surface area contributed by atoms with Crippen LogP contribution in [0.2, 0.25) is 5.02 Å². The Kier molecular flexibility index (Phi) is 5.25. The summed E-state index contributed by atoms with van der Waals surface area (Å²) in [4.78, 5) is 12.3. The Balaban J connectivity index is 1.99. The maximum Gasteiger partial charge on any atom is 0.243 e. The van der Waals surface area contributed by atoms with Gasteiger partial charge in [0.05, 0.1) is 11.1 Å². The standard InChI is InChI=1S/C16H19ClFN3O/c1-11(20-12-5-6-14(18)13(17)9-12)15(22)21-16(10-19)7-3-2-4-8-16/h5-6,9,11,20H,2-4,7-8H2,1H3,(H,21,22)/t11-/m1/s1. The summed E-state index contributed by atoms with van der Waals surface area (Å²) in [6.45, 7) is 1.69. The normalized spacial score (nSPS) is 18.1. The van der Waals surface area contributed by atoms with Gasteiger partial charge in [-0.2, -0.15) is 5.26 Å². The summed E-state index contributed by atoms with van der Waals surface area (Å²) < 4.78 is 13.1. The molecule has 0 bridgehead atoms. The molecule has 0 spiro atoms. The zero-order valence-corrected chi connectivity index (χ0v) is 13.2. The number of anilines is 1. The van der Waals surface area contributed by atoms with Crippen LogP contribution in [0, 0.1) is 17.1 Å². The molecule has 1 aromatic carbocycles. The number of hydrogen-bond donors (Lipinski definition) is 2. The van der Waals surface area contributed by atoms with Crippen LogP contribution >= 0.6 is 11.6 Å². The number of hydrogen-bond acceptors (Lipinski definition) is 3. The van der Waals surface area contributed by atoms with Gasteiger partial charge in [0.1, 0.15) is 17.4 Å². The van der Waals surface area contributed by atoms with Crippen LogP contribution in [0.15, 0.2) is 18.2 Å². The molecule has 6 heteroatoms. The quantitative estimate of drug-likeness (QED) is 0.889. The number of nitrogens with zero attached hydrogens (tertiary/aromatic N) is 1. The number of halogens is 2. The van der Waals surface area contributed by atoms with E-state index in [4.69, 9.17) is 11.6 Å². The number of nitrogens with one attached hydrogen (secondary N) is 2. The van der Waals surface area contributed by atoms with Gasteiger partial charge in [0.2, 0.25) is 5.91 Å². The lowest BCUT2D eigenvalue weighted by molar-refractivity contribution is -0.123. The predicted molar refractivity (Wildman–Crippen MR) is 84.1 cm³/mol. The van der Waals surface area contributed by atoms with Gasteiger partial charge in [-0.25, -0.2) is 4.39 Å². The van der Waals surface area contributed by atoms with Gasteiger partial charge in [-0.1, -0.05) is 30.9 Å². The van der Waals surface area contributed by atoms with Crippen LogP contribution in [0.1, 0.15) is 39.0 Å². The van der Waals surface area contributed by atoms with Crippen molar-refractivity contribution in [1.29, 1.82) is 5.26 Å². The van der Waals surface area contributed by atoms with Crippen molar-refractivity contribution in [1.82, 2.24) is 5.32 Å². The third-order valence-electron chi connectivity index (χ3n) is 3.98. The summed E-state index contributed by atoms with van der Waals surface area (Å²) in [5.74, 6) is -0.751. The molecular weight excluding hydrogens is 305 g/mol. The number of carbonyl (C=O) groups is 1. The van der Waals surface area contributed by atoms with E-state index in [9.17, 15) is 14.4 Å². The highest BCUT2D eigenvalue weighted by molar-refractivity contribution is 6.31. The Morgan fingerprint density at radius 2 is 2.09 bits per heavy atom. The van der Waals surface area contributed by atoms with Gasteiger partial charge < -0.3 is 10.6 Å². The maximum absolute atomic E-state index is 13.1. The van der Waals surface area contributed by atoms with Crippen molar-refractivity contribution in [2.24, 2.45) is 0 Å². The van der Waals surface area contributed by atoms with Crippen molar-refractivity contribution >= 4 is 23.2 Å². The Morgan fingerprint density at radius 1 is 1.41 bits per heavy atom. The molecule has 1 saturated carbocycles. The summed E-state index contributed by atoms with van der Waals surface area (Å²) in [5.41, 5.74) is -0.199. The molecule has 0 radical (unpaired) electrons. The molecule has 0 unspecified atom stereocenters. The second kappa shape index (κ2) is 6.97. The molecule has 1 aliphatic rings. The van der Waals surface area contributed by atoms with Crippen molar-refractivity contribution in [3.8, 4) is 6.07 Å². The highest BCUT2D eigenvalue weighted by Crippen LogP contribution is 2.27. The minimum Gasteiger partial charge on any atom is -0.374 e. The third kappa shape index (κ3) is 3.89. The van der Waals surface area contributed by atoms with E-state index in [0.29, 0.717) is 18.5 Å². The molecule has 0 heterocycles. The lowest BCUT2D eigenvalue weighted by Gasteiger charge is -2.32. The second-order valence-corrected chi connectivity index (χ2v) is 6.15. The molecule has 1 aromatic rings. The first-order valence-electron chi connectivity index (χ1n) is 7.41. The first kappa shape index (κ1) is 16.6. The molecule has 0 aliphatic heterocycles. The fraction of sp³-hybridized carbons (Fsp3) is 0.500. The van der Waals surface area contributed by atoms with Crippen LogP contribution < -0.4 is 10.6 Å². The van der Waals surface area contributed by atoms with Gasteiger partial charge in [0.25, 0.3) is 0 Å². The fourth-order valence-electron chi connectivity index (χ4n) is 2.67. The molecular formula is C16H19ClFN3O. The molecule has 0 saturated heterocycles. The van der Waals surface area contributed by atoms with Crippen molar-refractivity contribution in [3.63, 3.8) is 0 Å². The lowest BCUT2D eigenvalue weighted by atomic mass is 9.82. The van der Waals surface area contributed by atoms with Gasteiger partial charge in [-0.15, -0.1) is 0 Å². The van der Waals surface area contributed by atoms with Crippen molar-refractivity contribution in [3.05, 3.63) is 29.0 Å². The Morgan fingerprint density at radius 3 is 2.68 bits per heavy atom. The number of nitriles is 1. The highest BCUT2D eigenvalue weighted by Gasteiger charge is 2.34. The molecule has 2 rings (SSSR count). The van der Waals surface area contributed by atoms with E-state index in [2.05, 4.69) is 16.7 Å². The summed E-state index contributed by atoms with van der Waals surface area (Å²) >= 11 is 5.72. The summed E-state index contributed by atoms with van der Waals surface area (Å²) in [7, 11) is 0. The zero-order valence-electron chi connectivity index (χ0n) is 12.5. The smallest absolute Gasteiger partial charge is 0.243 e. The predicted octanol–water partition coefficient (Wildman–Crippen LogP) is 3.62. The monoisotopic (exact) mass is 323 g/mol. The number of carbonyl (C=O) groups excluding carboxylic acids is 1. The van der Waals surface area contributed by atoms with Gasteiger partial charge in [-0.05, 0) is 38.0 Å². The van der Waals surface area contributed by atoms with Crippen LogP contribution in [-0.4, -0.2) is 17.5 Å². The molecule has 1 aliphatic carbocycles. The minimum absolute atomic E-state index is 0.00150. The van der Waals surface area contributed by atoms with Crippen LogP contribution in [0.4, 0.5) is 10.1 Å². The summed E-state index contributed by atoms with van der Waals surface area (Å²) in [6.07, 6.45) is 4.36. The largest absolute Gasteiger partial charge is 0.374 e. The molecule has 1 amide bonds. The Hall–Kier alpha value is -1.80. The van der Waals surface area contributed by atoms with E-state index in [1.165, 1.54) is 18.2 Å². The van der Waals surface area contributed by atoms with Crippen molar-refractivity contribution in [2.45, 2.75) is 50.6 Å². The van der Waals surface area contributed by atoms with Crippen LogP contribution in [0.3, 0.4) is 0 Å². The molecule has 4 nitrogen and oxygen atoms in total. The van der Waals surface area contributed by atoms with Crippen LogP contribution in [0.25, 0.3) is 0 Å². The lowest BCUT2D eigenvalue weighted by Crippen LogP contribution is -2.52. The Bertz CT molecular complexity index is 594. The summed E-state index contributed by atoms with van der Waals surface area (Å²) in [5, 5.41) is 15.2. The SMILES string of the molecule is C[C@@H](Nc1ccc(F)c(Cl)c1)C(=O)NC1(C#N)CCCCC1. The Labute approximate surface area is 134 Å². The molecule has 0 aromatic heterocycles. The fourth-order valence-corrected chi connectivity index (χ4v) is 2.85. The molecule has 1 fully saturated rings. The highest BCUT2D eigenvalue weighted by atomic mass is 35.5. The third-order valence-corrected chi connectivity index (χ3v) is 4.27. The first-order valence-corrected chi connectivity index (χ1v) is 7.78. The first-order chi connectivity index (χ1) is 10.5.